The molecule has 8 nitrogen and oxygen atoms in total. The number of nitrogens with zero attached hydrogens (tertiary/aromatic N) is 3. The Morgan fingerprint density at radius 2 is 1.70 bits per heavy atom. The Morgan fingerprint density at radius 1 is 0.975 bits per heavy atom. The van der Waals surface area contributed by atoms with Crippen LogP contribution in [-0.2, 0) is 25.6 Å². The van der Waals surface area contributed by atoms with Crippen LogP contribution in [0.15, 0.2) is 54.7 Å². The number of hydrogen-bond acceptors (Lipinski definition) is 6. The van der Waals surface area contributed by atoms with E-state index in [1.807, 2.05) is 6.07 Å². The first kappa shape index (κ1) is 27.3. The highest BCUT2D eigenvalue weighted by Gasteiger charge is 2.32. The number of alkyl halides is 3. The third-order valence-corrected chi connectivity index (χ3v) is 7.15. The van der Waals surface area contributed by atoms with Crippen molar-refractivity contribution in [3.8, 4) is 5.75 Å². The number of rotatable bonds is 7. The van der Waals surface area contributed by atoms with Crippen molar-refractivity contribution in [3.63, 3.8) is 0 Å². The fourth-order valence-electron chi connectivity index (χ4n) is 5.12. The number of amides is 2. The maximum atomic E-state index is 13.6. The molecule has 3 aromatic rings. The van der Waals surface area contributed by atoms with Gasteiger partial charge in [-0.2, -0.15) is 13.2 Å². The number of ether oxygens (including phenoxy) is 1. The Labute approximate surface area is 229 Å². The van der Waals surface area contributed by atoms with Gasteiger partial charge >= 0.3 is 6.18 Å². The van der Waals surface area contributed by atoms with Crippen LogP contribution in [0, 0.1) is 5.41 Å². The number of carbonyl (C=O) groups excluding carboxylic acids is 2. The standard InChI is InChI=1S/C29H28F3N5O3/c30-29(31,32)25-6-5-18(16-35-25)17-36-8-10-37(11-9-36)28(39)23-14-19(13-20-7-12-40-26(20)23)15-24(33)21-3-1-2-4-22(21)27(34)38/h1-6,13-14,16,33H,7-12,15,17H2,(H2,34,38). The summed E-state index contributed by atoms with van der Waals surface area (Å²) < 4.78 is 44.2. The maximum Gasteiger partial charge on any atom is 0.433 e. The van der Waals surface area contributed by atoms with Gasteiger partial charge in [-0.05, 0) is 34.9 Å². The van der Waals surface area contributed by atoms with Gasteiger partial charge in [0.05, 0.1) is 12.2 Å². The molecule has 0 radical (unpaired) electrons. The van der Waals surface area contributed by atoms with E-state index in [4.69, 9.17) is 15.9 Å². The monoisotopic (exact) mass is 551 g/mol. The van der Waals surface area contributed by atoms with Crippen molar-refractivity contribution in [1.82, 2.24) is 14.8 Å². The first-order valence-corrected chi connectivity index (χ1v) is 12.9. The Morgan fingerprint density at radius 3 is 2.35 bits per heavy atom. The summed E-state index contributed by atoms with van der Waals surface area (Å²) in [5, 5.41) is 8.63. The molecule has 0 bridgehead atoms. The smallest absolute Gasteiger partial charge is 0.433 e. The maximum absolute atomic E-state index is 13.6. The molecule has 0 unspecified atom stereocenters. The second-order valence-corrected chi connectivity index (χ2v) is 9.91. The number of nitrogens with one attached hydrogen (secondary N) is 1. The van der Waals surface area contributed by atoms with E-state index in [9.17, 15) is 22.8 Å². The highest BCUT2D eigenvalue weighted by atomic mass is 19.4. The van der Waals surface area contributed by atoms with Gasteiger partial charge in [-0.15, -0.1) is 0 Å². The molecule has 0 spiro atoms. The van der Waals surface area contributed by atoms with Crippen LogP contribution in [0.1, 0.15) is 48.7 Å². The number of hydrogen-bond donors (Lipinski definition) is 2. The number of halogens is 3. The molecule has 208 valence electrons. The van der Waals surface area contributed by atoms with Crippen molar-refractivity contribution < 1.29 is 27.5 Å². The molecule has 0 atom stereocenters. The van der Waals surface area contributed by atoms with E-state index in [0.717, 1.165) is 17.2 Å². The predicted molar refractivity (Wildman–Crippen MR) is 142 cm³/mol. The molecule has 3 heterocycles. The lowest BCUT2D eigenvalue weighted by atomic mass is 9.94. The fraction of sp³-hybridized carbons (Fsp3) is 0.310. The molecule has 1 saturated heterocycles. The van der Waals surface area contributed by atoms with Crippen molar-refractivity contribution in [1.29, 1.82) is 5.41 Å². The molecule has 3 N–H and O–H groups in total. The zero-order valence-corrected chi connectivity index (χ0v) is 21.6. The van der Waals surface area contributed by atoms with Crippen LogP contribution in [0.5, 0.6) is 5.75 Å². The molecule has 2 aromatic carbocycles. The number of benzene rings is 2. The van der Waals surface area contributed by atoms with Crippen LogP contribution in [0.25, 0.3) is 0 Å². The molecular weight excluding hydrogens is 523 g/mol. The molecule has 1 fully saturated rings. The third-order valence-electron chi connectivity index (χ3n) is 7.15. The number of piperazine rings is 1. The summed E-state index contributed by atoms with van der Waals surface area (Å²) in [5.41, 5.74) is 8.32. The molecule has 2 amide bonds. The van der Waals surface area contributed by atoms with E-state index < -0.39 is 17.8 Å². The number of primary amides is 1. The van der Waals surface area contributed by atoms with E-state index in [2.05, 4.69) is 9.88 Å². The van der Waals surface area contributed by atoms with Crippen LogP contribution < -0.4 is 10.5 Å². The number of nitrogens with two attached hydrogens (primary N) is 1. The number of carbonyl (C=O) groups is 2. The van der Waals surface area contributed by atoms with E-state index in [0.29, 0.717) is 68.2 Å². The average molecular weight is 552 g/mol. The zero-order chi connectivity index (χ0) is 28.4. The molecule has 2 aliphatic rings. The van der Waals surface area contributed by atoms with Gasteiger partial charge < -0.3 is 20.8 Å². The average Bonchev–Trinajstić information content (AvgIpc) is 3.41. The van der Waals surface area contributed by atoms with Gasteiger partial charge in [-0.1, -0.05) is 30.3 Å². The third kappa shape index (κ3) is 5.84. The first-order valence-electron chi connectivity index (χ1n) is 12.9. The molecule has 1 aromatic heterocycles. The van der Waals surface area contributed by atoms with E-state index >= 15 is 0 Å². The minimum absolute atomic E-state index is 0.167. The molecule has 11 heteroatoms. The van der Waals surface area contributed by atoms with Gasteiger partial charge in [0.25, 0.3) is 5.91 Å². The van der Waals surface area contributed by atoms with Crippen molar-refractivity contribution in [2.45, 2.75) is 25.6 Å². The van der Waals surface area contributed by atoms with E-state index in [1.54, 1.807) is 35.2 Å². The first-order chi connectivity index (χ1) is 19.1. The van der Waals surface area contributed by atoms with Crippen LogP contribution in [-0.4, -0.2) is 65.1 Å². The van der Waals surface area contributed by atoms with Crippen molar-refractivity contribution in [2.24, 2.45) is 5.73 Å². The Kier molecular flexibility index (Phi) is 7.57. The minimum atomic E-state index is -4.47. The SMILES string of the molecule is N=C(Cc1cc2c(c(C(=O)N3CCN(Cc4ccc(C(F)(F)F)nc4)CC3)c1)OCC2)c1ccccc1C(N)=O. The summed E-state index contributed by atoms with van der Waals surface area (Å²) in [7, 11) is 0. The predicted octanol–water partition coefficient (Wildman–Crippen LogP) is 3.70. The summed E-state index contributed by atoms with van der Waals surface area (Å²) in [5.74, 6) is -0.205. The van der Waals surface area contributed by atoms with Crippen LogP contribution >= 0.6 is 0 Å². The van der Waals surface area contributed by atoms with Crippen LogP contribution in [0.2, 0.25) is 0 Å². The Balaban J connectivity index is 1.27. The molecular formula is C29H28F3N5O3. The highest BCUT2D eigenvalue weighted by molar-refractivity contribution is 6.09. The van der Waals surface area contributed by atoms with E-state index in [-0.39, 0.29) is 23.6 Å². The van der Waals surface area contributed by atoms with Crippen LogP contribution in [0.3, 0.4) is 0 Å². The molecule has 0 saturated carbocycles. The lowest BCUT2D eigenvalue weighted by Gasteiger charge is -2.35. The fourth-order valence-corrected chi connectivity index (χ4v) is 5.12. The Bertz CT molecular complexity index is 1450. The second kappa shape index (κ2) is 11.1. The van der Waals surface area contributed by atoms with Crippen LogP contribution in [0.4, 0.5) is 13.2 Å². The van der Waals surface area contributed by atoms with Gasteiger partial charge in [-0.3, -0.25) is 19.5 Å². The lowest BCUT2D eigenvalue weighted by Crippen LogP contribution is -2.48. The van der Waals surface area contributed by atoms with Gasteiger partial charge in [0.15, 0.2) is 0 Å². The number of pyridine rings is 1. The van der Waals surface area contributed by atoms with Gasteiger partial charge in [0.1, 0.15) is 11.4 Å². The largest absolute Gasteiger partial charge is 0.492 e. The highest BCUT2D eigenvalue weighted by Crippen LogP contribution is 2.33. The minimum Gasteiger partial charge on any atom is -0.492 e. The molecule has 2 aliphatic heterocycles. The number of fused-ring (bicyclic) bond motifs is 1. The summed E-state index contributed by atoms with van der Waals surface area (Å²) in [4.78, 5) is 32.8. The van der Waals surface area contributed by atoms with E-state index in [1.165, 1.54) is 12.3 Å². The summed E-state index contributed by atoms with van der Waals surface area (Å²) in [6.07, 6.45) is -2.36. The van der Waals surface area contributed by atoms with Gasteiger partial charge in [0.2, 0.25) is 5.91 Å². The van der Waals surface area contributed by atoms with Gasteiger partial charge in [-0.25, -0.2) is 0 Å². The summed E-state index contributed by atoms with van der Waals surface area (Å²) in [6, 6.07) is 12.8. The normalized spacial score (nSPS) is 15.4. The topological polar surface area (TPSA) is 113 Å². The molecule has 5 rings (SSSR count). The second-order valence-electron chi connectivity index (χ2n) is 9.91. The van der Waals surface area contributed by atoms with Crippen molar-refractivity contribution in [3.05, 3.63) is 93.8 Å². The molecule has 0 aliphatic carbocycles. The van der Waals surface area contributed by atoms with Crippen molar-refractivity contribution >= 4 is 17.5 Å². The van der Waals surface area contributed by atoms with Crippen molar-refractivity contribution in [2.75, 3.05) is 32.8 Å². The quantitative estimate of drug-likeness (QED) is 0.435. The summed E-state index contributed by atoms with van der Waals surface area (Å²) in [6.45, 7) is 2.93. The summed E-state index contributed by atoms with van der Waals surface area (Å²) >= 11 is 0. The molecule has 40 heavy (non-hydrogen) atoms. The Hall–Kier alpha value is -4.25. The van der Waals surface area contributed by atoms with Gasteiger partial charge in [0, 0.05) is 68.6 Å². The number of aromatic nitrogens is 1. The lowest BCUT2D eigenvalue weighted by molar-refractivity contribution is -0.141. The zero-order valence-electron chi connectivity index (χ0n) is 21.6.